The van der Waals surface area contributed by atoms with Gasteiger partial charge in [-0.05, 0) is 33.6 Å². The molecule has 2 rings (SSSR count). The van der Waals surface area contributed by atoms with Crippen LogP contribution in [0.4, 0.5) is 18.9 Å². The largest absolute Gasteiger partial charge is 0.500 e. The van der Waals surface area contributed by atoms with Crippen molar-refractivity contribution in [1.82, 2.24) is 0 Å². The summed E-state index contributed by atoms with van der Waals surface area (Å²) in [4.78, 5) is 9.16. The maximum Gasteiger partial charge on any atom is 0.352 e. The molecule has 1 aliphatic rings. The first-order chi connectivity index (χ1) is 11.6. The number of halogens is 3. The monoisotopic (exact) mass is 361 g/mol. The summed E-state index contributed by atoms with van der Waals surface area (Å²) < 4.78 is 51.7. The van der Waals surface area contributed by atoms with Crippen LogP contribution < -0.4 is 4.74 Å². The van der Waals surface area contributed by atoms with Crippen LogP contribution in [-0.4, -0.2) is 28.3 Å². The molecule has 1 saturated heterocycles. The van der Waals surface area contributed by atoms with Gasteiger partial charge in [0, 0.05) is 0 Å². The van der Waals surface area contributed by atoms with Crippen LogP contribution in [-0.2, 0) is 4.74 Å². The molecule has 1 heterocycles. The summed E-state index contributed by atoms with van der Waals surface area (Å²) in [7, 11) is 0. The summed E-state index contributed by atoms with van der Waals surface area (Å²) in [5.41, 5.74) is -1.05. The van der Waals surface area contributed by atoms with Crippen LogP contribution in [0.15, 0.2) is 11.6 Å². The maximum atomic E-state index is 13.9. The van der Waals surface area contributed by atoms with Crippen molar-refractivity contribution < 1.29 is 32.7 Å². The molecule has 9 heteroatoms. The number of nitrogens with zero attached hydrogens (tertiary/aromatic N) is 1. The highest BCUT2D eigenvalue weighted by Gasteiger charge is 2.52. The standard InChI is InChI=1S/C16H18F3NO5/c1-8(2)5-4-6-16(3)9(25-16)7-24-15-11(18)10(17)13(20(22)23)14(21)12(15)19/h5,9,21H,4,6-7H2,1-3H3. The normalized spacial score (nSPS) is 21.8. The number of allylic oxidation sites excluding steroid dienone is 2. The number of nitro groups is 1. The van der Waals surface area contributed by atoms with Gasteiger partial charge in [-0.2, -0.15) is 13.2 Å². The Balaban J connectivity index is 2.08. The van der Waals surface area contributed by atoms with Gasteiger partial charge in [-0.3, -0.25) is 10.1 Å². The van der Waals surface area contributed by atoms with E-state index in [1.165, 1.54) is 0 Å². The maximum absolute atomic E-state index is 13.9. The smallest absolute Gasteiger partial charge is 0.352 e. The Hall–Kier alpha value is -2.29. The SMILES string of the molecule is CC(C)=CCCC1(C)OC1COc1c(F)c(O)c([N+](=O)[O-])c(F)c1F. The van der Waals surface area contributed by atoms with Gasteiger partial charge in [0.05, 0.1) is 10.5 Å². The van der Waals surface area contributed by atoms with Crippen LogP contribution in [0.1, 0.15) is 33.6 Å². The molecule has 0 radical (unpaired) electrons. The Bertz CT molecular complexity index is 704. The quantitative estimate of drug-likeness (QED) is 0.261. The van der Waals surface area contributed by atoms with Gasteiger partial charge in [0.1, 0.15) is 12.7 Å². The van der Waals surface area contributed by atoms with Crippen LogP contribution >= 0.6 is 0 Å². The van der Waals surface area contributed by atoms with Crippen LogP contribution in [0.5, 0.6) is 11.5 Å². The van der Waals surface area contributed by atoms with Crippen molar-refractivity contribution in [3.8, 4) is 11.5 Å². The Kier molecular flexibility index (Phi) is 5.26. The Morgan fingerprint density at radius 2 is 2.00 bits per heavy atom. The van der Waals surface area contributed by atoms with Gasteiger partial charge in [-0.15, -0.1) is 0 Å². The summed E-state index contributed by atoms with van der Waals surface area (Å²) in [5, 5.41) is 19.9. The van der Waals surface area contributed by atoms with Crippen molar-refractivity contribution in [3.05, 3.63) is 39.2 Å². The van der Waals surface area contributed by atoms with E-state index in [2.05, 4.69) is 0 Å². The Morgan fingerprint density at radius 3 is 2.56 bits per heavy atom. The molecular weight excluding hydrogens is 343 g/mol. The lowest BCUT2D eigenvalue weighted by atomic mass is 10.0. The van der Waals surface area contributed by atoms with Crippen molar-refractivity contribution in [2.24, 2.45) is 0 Å². The fraction of sp³-hybridized carbons (Fsp3) is 0.500. The molecule has 0 amide bonds. The molecule has 1 aromatic rings. The van der Waals surface area contributed by atoms with Gasteiger partial charge < -0.3 is 14.6 Å². The third kappa shape index (κ3) is 3.87. The summed E-state index contributed by atoms with van der Waals surface area (Å²) in [6, 6.07) is 0. The van der Waals surface area contributed by atoms with Gasteiger partial charge in [-0.25, -0.2) is 0 Å². The molecule has 0 aliphatic carbocycles. The van der Waals surface area contributed by atoms with E-state index >= 15 is 0 Å². The number of ether oxygens (including phenoxy) is 2. The van der Waals surface area contributed by atoms with Crippen LogP contribution in [0.25, 0.3) is 0 Å². The molecule has 6 nitrogen and oxygen atoms in total. The van der Waals surface area contributed by atoms with Gasteiger partial charge in [0.15, 0.2) is 5.75 Å². The number of hydrogen-bond donors (Lipinski definition) is 1. The van der Waals surface area contributed by atoms with Crippen molar-refractivity contribution in [2.45, 2.75) is 45.3 Å². The lowest BCUT2D eigenvalue weighted by Gasteiger charge is -2.10. The summed E-state index contributed by atoms with van der Waals surface area (Å²) in [6.45, 7) is 5.44. The van der Waals surface area contributed by atoms with Crippen molar-refractivity contribution in [2.75, 3.05) is 6.61 Å². The number of aromatic hydroxyl groups is 1. The van der Waals surface area contributed by atoms with Crippen LogP contribution in [0.3, 0.4) is 0 Å². The number of phenols is 1. The van der Waals surface area contributed by atoms with E-state index in [-0.39, 0.29) is 6.61 Å². The summed E-state index contributed by atoms with van der Waals surface area (Å²) in [5.74, 6) is -8.39. The number of hydrogen-bond acceptors (Lipinski definition) is 5. The highest BCUT2D eigenvalue weighted by molar-refractivity contribution is 5.53. The second kappa shape index (κ2) is 6.91. The lowest BCUT2D eigenvalue weighted by Crippen LogP contribution is -2.17. The van der Waals surface area contributed by atoms with Gasteiger partial charge in [0.25, 0.3) is 0 Å². The van der Waals surface area contributed by atoms with E-state index in [4.69, 9.17) is 9.47 Å². The first kappa shape index (κ1) is 19.0. The first-order valence-corrected chi connectivity index (χ1v) is 7.56. The molecule has 1 aromatic carbocycles. The topological polar surface area (TPSA) is 85.1 Å². The van der Waals surface area contributed by atoms with Crippen LogP contribution in [0.2, 0.25) is 0 Å². The highest BCUT2D eigenvalue weighted by atomic mass is 19.2. The zero-order valence-electron chi connectivity index (χ0n) is 13.9. The number of epoxide rings is 1. The molecule has 0 spiro atoms. The summed E-state index contributed by atoms with van der Waals surface area (Å²) >= 11 is 0. The molecule has 25 heavy (non-hydrogen) atoms. The molecule has 2 atom stereocenters. The van der Waals surface area contributed by atoms with Gasteiger partial charge in [0.2, 0.25) is 23.2 Å². The van der Waals surface area contributed by atoms with E-state index in [1.54, 1.807) is 6.92 Å². The Labute approximate surface area is 142 Å². The second-order valence-electron chi connectivity index (χ2n) is 6.28. The molecule has 0 bridgehead atoms. The number of phenolic OH excluding ortho intramolecular Hbond substituents is 1. The molecule has 2 unspecified atom stereocenters. The predicted octanol–water partition coefficient (Wildman–Crippen LogP) is 4.00. The molecule has 0 aromatic heterocycles. The van der Waals surface area contributed by atoms with Gasteiger partial charge in [-0.1, -0.05) is 11.6 Å². The van der Waals surface area contributed by atoms with Crippen molar-refractivity contribution in [1.29, 1.82) is 0 Å². The zero-order chi connectivity index (χ0) is 18.9. The fourth-order valence-electron chi connectivity index (χ4n) is 2.44. The number of nitro benzene ring substituents is 1. The third-order valence-corrected chi connectivity index (χ3v) is 4.02. The van der Waals surface area contributed by atoms with E-state index in [9.17, 15) is 28.4 Å². The molecule has 138 valence electrons. The van der Waals surface area contributed by atoms with Crippen molar-refractivity contribution >= 4 is 5.69 Å². The average molecular weight is 361 g/mol. The highest BCUT2D eigenvalue weighted by Crippen LogP contribution is 2.43. The first-order valence-electron chi connectivity index (χ1n) is 7.56. The van der Waals surface area contributed by atoms with E-state index in [0.29, 0.717) is 6.42 Å². The fourth-order valence-corrected chi connectivity index (χ4v) is 2.44. The number of rotatable bonds is 7. The zero-order valence-corrected chi connectivity index (χ0v) is 13.9. The molecule has 1 aliphatic heterocycles. The van der Waals surface area contributed by atoms with E-state index in [0.717, 1.165) is 12.0 Å². The van der Waals surface area contributed by atoms with Crippen LogP contribution in [0, 0.1) is 27.6 Å². The lowest BCUT2D eigenvalue weighted by molar-refractivity contribution is -0.389. The third-order valence-electron chi connectivity index (χ3n) is 4.02. The minimum absolute atomic E-state index is 0.282. The van der Waals surface area contributed by atoms with E-state index in [1.807, 2.05) is 19.9 Å². The molecule has 0 saturated carbocycles. The minimum Gasteiger partial charge on any atom is -0.500 e. The number of benzene rings is 1. The van der Waals surface area contributed by atoms with Gasteiger partial charge >= 0.3 is 5.69 Å². The van der Waals surface area contributed by atoms with E-state index < -0.39 is 51.3 Å². The molecule has 1 N–H and O–H groups in total. The van der Waals surface area contributed by atoms with Crippen molar-refractivity contribution in [3.63, 3.8) is 0 Å². The predicted molar refractivity (Wildman–Crippen MR) is 82.1 cm³/mol. The minimum atomic E-state index is -1.98. The molecular formula is C16H18F3NO5. The molecule has 1 fully saturated rings. The summed E-state index contributed by atoms with van der Waals surface area (Å²) in [6.07, 6.45) is 2.98. The second-order valence-corrected chi connectivity index (χ2v) is 6.28. The Morgan fingerprint density at radius 1 is 1.36 bits per heavy atom. The average Bonchev–Trinajstić information content (AvgIpc) is 3.15.